The highest BCUT2D eigenvalue weighted by atomic mass is 32.2. The number of aromatic nitrogens is 8. The Morgan fingerprint density at radius 1 is 0.364 bits per heavy atom. The molecule has 0 amide bonds. The van der Waals surface area contributed by atoms with Gasteiger partial charge in [0.25, 0.3) is 0 Å². The summed E-state index contributed by atoms with van der Waals surface area (Å²) in [6.07, 6.45) is -7.14. The summed E-state index contributed by atoms with van der Waals surface area (Å²) in [4.78, 5) is 50.1. The van der Waals surface area contributed by atoms with Gasteiger partial charge < -0.3 is 136 Å². The van der Waals surface area contributed by atoms with Gasteiger partial charge >= 0.3 is 11.6 Å². The van der Waals surface area contributed by atoms with Crippen LogP contribution in [0.15, 0.2) is 102 Å². The predicted molar refractivity (Wildman–Crippen MR) is 493 cm³/mol. The number of ketones is 1. The summed E-state index contributed by atoms with van der Waals surface area (Å²) in [5, 5.41) is 39.7. The highest BCUT2D eigenvalue weighted by molar-refractivity contribution is 7.84. The molecule has 12 aliphatic heterocycles. The van der Waals surface area contributed by atoms with E-state index in [-0.39, 0.29) is 148 Å². The highest BCUT2D eigenvalue weighted by Gasteiger charge is 2.53. The van der Waals surface area contributed by atoms with Crippen molar-refractivity contribution in [1.82, 2.24) is 39.9 Å². The number of fused-ring (bicyclic) bond motifs is 8. The molecule has 0 bridgehead atoms. The van der Waals surface area contributed by atoms with Crippen molar-refractivity contribution in [3.63, 3.8) is 0 Å². The number of carbonyl (C=O) groups is 1. The van der Waals surface area contributed by atoms with E-state index in [2.05, 4.69) is 39.9 Å². The van der Waals surface area contributed by atoms with Crippen molar-refractivity contribution >= 4 is 95.0 Å². The molecule has 12 aromatic rings. The first kappa shape index (κ1) is 98.8. The molecule has 12 aliphatic rings. The van der Waals surface area contributed by atoms with E-state index in [9.17, 15) is 38.2 Å². The van der Waals surface area contributed by atoms with Gasteiger partial charge in [0.05, 0.1) is 189 Å². The Balaban J connectivity index is 0.000000115. The second-order valence-corrected chi connectivity index (χ2v) is 37.2. The van der Waals surface area contributed by atoms with E-state index < -0.39 is 160 Å². The van der Waals surface area contributed by atoms with Crippen LogP contribution in [0.2, 0.25) is 0 Å². The van der Waals surface area contributed by atoms with Gasteiger partial charge in [-0.1, -0.05) is 0 Å². The Morgan fingerprint density at radius 3 is 0.944 bits per heavy atom. The number of aromatic amines is 4. The van der Waals surface area contributed by atoms with E-state index >= 15 is 30.7 Å². The fraction of sp³-hybridized carbons (Fsp3) is 0.448. The number of hydrogen-bond acceptors (Lipinski definition) is 32. The number of H-pyrrole nitrogens is 4. The summed E-state index contributed by atoms with van der Waals surface area (Å²) in [7, 11) is -1.54. The molecule has 47 heteroatoms. The number of benzene rings is 4. The van der Waals surface area contributed by atoms with Crippen LogP contribution in [0.1, 0.15) is 22.8 Å². The minimum absolute atomic E-state index is 0.0352. The first-order valence-electron chi connectivity index (χ1n) is 46.3. The molecule has 143 heavy (non-hydrogen) atoms. The number of aryl methyl sites for hydroxylation is 1. The van der Waals surface area contributed by atoms with Crippen molar-refractivity contribution in [2.24, 2.45) is 0 Å². The van der Waals surface area contributed by atoms with Crippen LogP contribution in [0, 0.1) is 59.3 Å². The van der Waals surface area contributed by atoms with Crippen molar-refractivity contribution < 1.29 is 153 Å². The molecule has 12 saturated heterocycles. The molecule has 1 unspecified atom stereocenters. The van der Waals surface area contributed by atoms with E-state index in [1.807, 2.05) is 26.5 Å². The average molecular weight is 2040 g/mol. The predicted octanol–water partition coefficient (Wildman–Crippen LogP) is 8.72. The van der Waals surface area contributed by atoms with Crippen LogP contribution < -0.4 is 38.5 Å². The lowest BCUT2D eigenvalue weighted by molar-refractivity contribution is 0.00722. The van der Waals surface area contributed by atoms with Crippen LogP contribution in [0.5, 0.6) is 23.5 Å². The lowest BCUT2D eigenvalue weighted by Gasteiger charge is -2.29. The Morgan fingerprint density at radius 2 is 0.615 bits per heavy atom. The van der Waals surface area contributed by atoms with Gasteiger partial charge in [0.15, 0.2) is 36.1 Å². The standard InChI is InChI=1S/C25H25F2N3O6.C24H25F2N3O6S.C24H25F2N3O5.C23H22F3N3O5.O2S/c1-12(31)20-22-17(29-25(20)36-19-11-35-23-18(32)10-34-24(19)23)3-2-16(28-22)21-14(26)8-13(9-15(21)27)30-4-6-33-7-5-30;1-36(31)23-20-16(28-24(23)35-18-11-34-21-17(30)10-33-22(18)21)3-2-15(27-20)19-13(25)8-12(9-14(19)26)29-4-6-32-7-5-29;1-12-21-17(28-24(12)34-19-11-33-22-18(30)10-32-23(19)22)3-2-16(27-21)20-14(25)8-13(9-15(20)26)29-4-6-31-7-5-29;24-12-7-11(29-3-5-31-6-4-29)8-13(25)18(12)14-1-2-15-20(27-14)19(26)23(28-15)34-17-10-33-21-16(30)9-32-22(17)21;1-3-2/h2-3,8-9,18-19,23-24,29,32H,4-7,10-11H2,1H3;2-3,8-9,17-18,21-22,28,30H,4-7,10-11H2,1H3;2-3,8-9,18-19,22-23,28,30H,4-7,10-11H2,1H3;1-2,7-8,16-17,21-22,28,30H,3-6,9-10H2;/t18-,19-,23-,24-;17-,18-,21-,22-,36?;18-,19-,22-,23-;16-,17-,21-,22-;/m1111./s1. The lowest BCUT2D eigenvalue weighted by atomic mass is 10.1. The van der Waals surface area contributed by atoms with Crippen molar-refractivity contribution in [2.75, 3.05) is 184 Å². The molecule has 12 fully saturated rings. The number of pyridine rings is 4. The molecule has 4 aromatic carbocycles. The van der Waals surface area contributed by atoms with E-state index in [1.54, 1.807) is 24.3 Å². The Labute approximate surface area is 813 Å². The molecule has 8 N–H and O–H groups in total. The van der Waals surface area contributed by atoms with Crippen LogP contribution in [-0.4, -0.2) is 341 Å². The minimum Gasteiger partial charge on any atom is -0.470 e. The summed E-state index contributed by atoms with van der Waals surface area (Å²) in [5.74, 6) is -6.27. The third-order valence-corrected chi connectivity index (χ3v) is 27.8. The van der Waals surface area contributed by atoms with Gasteiger partial charge in [0, 0.05) is 86.9 Å². The van der Waals surface area contributed by atoms with E-state index in [1.165, 1.54) is 86.0 Å². The Kier molecular flexibility index (Phi) is 29.2. The van der Waals surface area contributed by atoms with Crippen molar-refractivity contribution in [3.05, 3.63) is 161 Å². The van der Waals surface area contributed by atoms with Crippen molar-refractivity contribution in [1.29, 1.82) is 0 Å². The molecule has 760 valence electrons. The Bertz CT molecular complexity index is 6320. The zero-order valence-electron chi connectivity index (χ0n) is 76.7. The van der Waals surface area contributed by atoms with Gasteiger partial charge in [-0.3, -0.25) is 9.00 Å². The lowest BCUT2D eigenvalue weighted by Crippen LogP contribution is -2.36. The average Bonchev–Trinajstić information content (AvgIpc) is 0.937. The fourth-order valence-corrected chi connectivity index (χ4v) is 20.6. The van der Waals surface area contributed by atoms with Gasteiger partial charge in [-0.25, -0.2) is 55.1 Å². The van der Waals surface area contributed by atoms with Crippen molar-refractivity contribution in [2.45, 2.75) is 116 Å². The summed E-state index contributed by atoms with van der Waals surface area (Å²) in [5.41, 5.74) is 4.94. The number of aliphatic hydroxyl groups is 4. The number of morpholine rings is 4. The molecule has 24 rings (SSSR count). The zero-order valence-corrected chi connectivity index (χ0v) is 78.3. The number of rotatable bonds is 18. The molecule has 0 aliphatic carbocycles. The maximum Gasteiger partial charge on any atom is 0.335 e. The molecule has 17 atom stereocenters. The largest absolute Gasteiger partial charge is 0.470 e. The summed E-state index contributed by atoms with van der Waals surface area (Å²) >= 11 is -0.750. The van der Waals surface area contributed by atoms with Crippen LogP contribution >= 0.6 is 0 Å². The van der Waals surface area contributed by atoms with Gasteiger partial charge in [0.1, 0.15) is 147 Å². The minimum atomic E-state index is -1.54. The third kappa shape index (κ3) is 19.9. The van der Waals surface area contributed by atoms with Crippen LogP contribution in [0.25, 0.3) is 89.2 Å². The van der Waals surface area contributed by atoms with E-state index in [4.69, 9.17) is 84.2 Å². The topological polar surface area (TPSA) is 425 Å². The zero-order chi connectivity index (χ0) is 99.4. The monoisotopic (exact) mass is 2040 g/mol. The molecule has 20 heterocycles. The van der Waals surface area contributed by atoms with Crippen LogP contribution in [0.4, 0.5) is 62.3 Å². The Hall–Kier alpha value is -11.6. The second-order valence-electron chi connectivity index (χ2n) is 35.7. The summed E-state index contributed by atoms with van der Waals surface area (Å²) in [6, 6.07) is 22.8. The quantitative estimate of drug-likeness (QED) is 0.0294. The van der Waals surface area contributed by atoms with E-state index in [0.29, 0.717) is 179 Å². The fourth-order valence-electron chi connectivity index (χ4n) is 19.8. The normalized spacial score (nSPS) is 26.2. The number of nitrogens with zero attached hydrogens (tertiary/aromatic N) is 8. The molecule has 0 saturated carbocycles. The molecule has 0 spiro atoms. The number of Topliss-reactive ketones (excluding diaryl/α,β-unsaturated/α-hetero) is 1. The third-order valence-electron chi connectivity index (χ3n) is 26.8. The highest BCUT2D eigenvalue weighted by Crippen LogP contribution is 2.44. The van der Waals surface area contributed by atoms with Gasteiger partial charge in [-0.05, 0) is 111 Å². The first-order valence-corrected chi connectivity index (χ1v) is 48.5. The number of carbonyl (C=O) groups excluding carboxylic acids is 1. The van der Waals surface area contributed by atoms with Gasteiger partial charge in [-0.2, -0.15) is 12.8 Å². The maximum absolute atomic E-state index is 15.2. The smallest absolute Gasteiger partial charge is 0.335 e. The summed E-state index contributed by atoms with van der Waals surface area (Å²) in [6.45, 7) is 13.1. The molecular formula is C96H97F9N12O24S2. The number of halogens is 9. The SMILES string of the molecule is CC(=O)c1c(O[C@@H]2CO[C@H]3[C@@H]2OC[C@H]3O)[nH]c2ccc(-c3c(F)cc(N4CCOCC4)cc3F)nc12.CS(=O)c1c(O[C@@H]2CO[C@H]3[C@@H]2OC[C@H]3O)[nH]c2ccc(-c3c(F)cc(N4CCOCC4)cc3F)nc12.Cc1c(O[C@@H]2CO[C@H]3[C@@H]2OC[C@H]3O)[nH]c2ccc(-c3c(F)cc(N4CCOCC4)cc3F)nc12.O=S=O.O[C@@H]1CO[C@H]2[C@@H]1OC[C@H]2Oc1[nH]c2ccc(-c3c(F)cc(N4CCOCC4)cc3F)nc2c1F. The first-order chi connectivity index (χ1) is 69.2. The van der Waals surface area contributed by atoms with Gasteiger partial charge in [0.2, 0.25) is 23.5 Å². The second kappa shape index (κ2) is 42.2. The molecule has 36 nitrogen and oxygen atoms in total. The van der Waals surface area contributed by atoms with E-state index in [0.717, 1.165) is 0 Å². The number of hydrogen-bond donors (Lipinski definition) is 8. The van der Waals surface area contributed by atoms with Crippen molar-refractivity contribution in [3.8, 4) is 68.5 Å². The number of ether oxygens (including phenoxy) is 16. The molecule has 8 aromatic heterocycles. The van der Waals surface area contributed by atoms with Gasteiger partial charge in [-0.15, -0.1) is 0 Å². The van der Waals surface area contributed by atoms with Crippen LogP contribution in [0.3, 0.4) is 0 Å². The summed E-state index contributed by atoms with van der Waals surface area (Å²) < 4.78 is 255. The maximum atomic E-state index is 15.2. The molecular weight excluding hydrogens is 1940 g/mol. The molecule has 0 radical (unpaired) electrons. The van der Waals surface area contributed by atoms with Crippen LogP contribution in [-0.2, 0) is 79.2 Å². The number of aliphatic hydroxyl groups excluding tert-OH is 4. The number of nitrogens with one attached hydrogen (secondary N) is 4. The number of anilines is 4.